The second kappa shape index (κ2) is 8.41. The Morgan fingerprint density at radius 3 is 2.25 bits per heavy atom. The number of rotatable bonds is 3. The summed E-state index contributed by atoms with van der Waals surface area (Å²) in [5, 5.41) is 0.414. The lowest BCUT2D eigenvalue weighted by Crippen LogP contribution is -2.50. The molecule has 0 radical (unpaired) electrons. The van der Waals surface area contributed by atoms with Crippen LogP contribution in [0.1, 0.15) is 20.8 Å². The molecule has 1 aromatic carbocycles. The van der Waals surface area contributed by atoms with Gasteiger partial charge in [-0.15, -0.1) is 0 Å². The molecule has 0 atom stereocenters. The van der Waals surface area contributed by atoms with Crippen LogP contribution in [-0.4, -0.2) is 52.7 Å². The molecule has 9 heteroatoms. The molecule has 1 aromatic heterocycles. The first-order chi connectivity index (χ1) is 13.2. The number of aromatic nitrogens is 2. The molecule has 28 heavy (non-hydrogen) atoms. The van der Waals surface area contributed by atoms with Crippen molar-refractivity contribution in [3.05, 3.63) is 40.6 Å². The van der Waals surface area contributed by atoms with Crippen molar-refractivity contribution in [1.29, 1.82) is 0 Å². The SMILES string of the molecule is CC(C)(C)OC(=O)N1CCN(c2ccccc2Oc2nc(Cl)cc(Cl)n2)CC1. The first kappa shape index (κ1) is 20.5. The number of amides is 1. The predicted molar refractivity (Wildman–Crippen MR) is 109 cm³/mol. The number of hydrogen-bond donors (Lipinski definition) is 0. The Morgan fingerprint density at radius 1 is 1.04 bits per heavy atom. The summed E-state index contributed by atoms with van der Waals surface area (Å²) in [6.45, 7) is 8.00. The zero-order chi connectivity index (χ0) is 20.3. The Kier molecular flexibility index (Phi) is 6.15. The molecule has 1 aliphatic rings. The monoisotopic (exact) mass is 424 g/mol. The van der Waals surface area contributed by atoms with Gasteiger partial charge in [0, 0.05) is 32.2 Å². The molecule has 7 nitrogen and oxygen atoms in total. The Hall–Kier alpha value is -2.25. The Balaban J connectivity index is 1.69. The second-order valence-corrected chi connectivity index (χ2v) is 8.09. The number of para-hydroxylation sites is 2. The summed E-state index contributed by atoms with van der Waals surface area (Å²) in [4.78, 5) is 24.2. The van der Waals surface area contributed by atoms with Gasteiger partial charge in [0.15, 0.2) is 5.75 Å². The third kappa shape index (κ3) is 5.39. The molecule has 0 N–H and O–H groups in total. The number of ether oxygens (including phenoxy) is 2. The van der Waals surface area contributed by atoms with Gasteiger partial charge < -0.3 is 19.3 Å². The van der Waals surface area contributed by atoms with E-state index in [1.165, 1.54) is 6.07 Å². The summed E-state index contributed by atoms with van der Waals surface area (Å²) in [5.74, 6) is 0.589. The highest BCUT2D eigenvalue weighted by atomic mass is 35.5. The molecule has 0 aliphatic carbocycles. The van der Waals surface area contributed by atoms with Crippen molar-refractivity contribution in [2.45, 2.75) is 26.4 Å². The third-order valence-electron chi connectivity index (χ3n) is 3.98. The molecule has 1 saturated heterocycles. The molecule has 1 amide bonds. The zero-order valence-electron chi connectivity index (χ0n) is 16.0. The summed E-state index contributed by atoms with van der Waals surface area (Å²) < 4.78 is 11.3. The van der Waals surface area contributed by atoms with Crippen LogP contribution in [0.3, 0.4) is 0 Å². The molecule has 150 valence electrons. The van der Waals surface area contributed by atoms with E-state index in [0.717, 1.165) is 5.69 Å². The van der Waals surface area contributed by atoms with Gasteiger partial charge in [-0.25, -0.2) is 4.79 Å². The van der Waals surface area contributed by atoms with E-state index in [9.17, 15) is 4.79 Å². The minimum atomic E-state index is -0.507. The summed E-state index contributed by atoms with van der Waals surface area (Å²) in [7, 11) is 0. The number of benzene rings is 1. The van der Waals surface area contributed by atoms with E-state index in [4.69, 9.17) is 32.7 Å². The topological polar surface area (TPSA) is 67.8 Å². The van der Waals surface area contributed by atoms with Gasteiger partial charge >= 0.3 is 12.1 Å². The fourth-order valence-corrected chi connectivity index (χ4v) is 3.18. The molecule has 0 bridgehead atoms. The zero-order valence-corrected chi connectivity index (χ0v) is 17.5. The number of piperazine rings is 1. The van der Waals surface area contributed by atoms with E-state index >= 15 is 0 Å². The number of hydrogen-bond acceptors (Lipinski definition) is 6. The van der Waals surface area contributed by atoms with Crippen LogP contribution in [0.15, 0.2) is 30.3 Å². The maximum atomic E-state index is 12.2. The van der Waals surface area contributed by atoms with Crippen molar-refractivity contribution in [1.82, 2.24) is 14.9 Å². The lowest BCUT2D eigenvalue weighted by Gasteiger charge is -2.37. The normalized spacial score (nSPS) is 14.8. The van der Waals surface area contributed by atoms with Crippen LogP contribution in [0, 0.1) is 0 Å². The van der Waals surface area contributed by atoms with Crippen LogP contribution in [0.25, 0.3) is 0 Å². The number of carbonyl (C=O) groups is 1. The van der Waals surface area contributed by atoms with Gasteiger partial charge in [-0.05, 0) is 32.9 Å². The van der Waals surface area contributed by atoms with Gasteiger partial charge in [0.25, 0.3) is 0 Å². The Labute approximate surface area is 174 Å². The van der Waals surface area contributed by atoms with Gasteiger partial charge in [0.05, 0.1) is 5.69 Å². The van der Waals surface area contributed by atoms with Crippen LogP contribution in [0.5, 0.6) is 11.8 Å². The second-order valence-electron chi connectivity index (χ2n) is 7.32. The fourth-order valence-electron chi connectivity index (χ4n) is 2.78. The third-order valence-corrected chi connectivity index (χ3v) is 4.37. The van der Waals surface area contributed by atoms with E-state index < -0.39 is 5.60 Å². The van der Waals surface area contributed by atoms with Crippen molar-refractivity contribution < 1.29 is 14.3 Å². The van der Waals surface area contributed by atoms with E-state index in [1.807, 2.05) is 45.0 Å². The Bertz CT molecular complexity index is 829. The number of halogens is 2. The van der Waals surface area contributed by atoms with Gasteiger partial charge in [-0.2, -0.15) is 9.97 Å². The van der Waals surface area contributed by atoms with Crippen LogP contribution >= 0.6 is 23.2 Å². The quantitative estimate of drug-likeness (QED) is 0.668. The van der Waals surface area contributed by atoms with E-state index in [-0.39, 0.29) is 22.4 Å². The molecule has 1 fully saturated rings. The van der Waals surface area contributed by atoms with Crippen molar-refractivity contribution in [3.63, 3.8) is 0 Å². The first-order valence-corrected chi connectivity index (χ1v) is 9.67. The largest absolute Gasteiger partial charge is 0.444 e. The van der Waals surface area contributed by atoms with Gasteiger partial charge in [0.1, 0.15) is 15.9 Å². The predicted octanol–water partition coefficient (Wildman–Crippen LogP) is 4.63. The van der Waals surface area contributed by atoms with Crippen molar-refractivity contribution >= 4 is 35.0 Å². The van der Waals surface area contributed by atoms with Gasteiger partial charge in [0.2, 0.25) is 0 Å². The highest BCUT2D eigenvalue weighted by Gasteiger charge is 2.27. The molecule has 3 rings (SSSR count). The van der Waals surface area contributed by atoms with Crippen LogP contribution < -0.4 is 9.64 Å². The molecule has 0 unspecified atom stereocenters. The average Bonchev–Trinajstić information content (AvgIpc) is 2.60. The molecule has 0 spiro atoms. The van der Waals surface area contributed by atoms with E-state index in [1.54, 1.807) is 4.90 Å². The highest BCUT2D eigenvalue weighted by Crippen LogP contribution is 2.32. The van der Waals surface area contributed by atoms with Crippen molar-refractivity contribution in [2.24, 2.45) is 0 Å². The smallest absolute Gasteiger partial charge is 0.410 e. The minimum Gasteiger partial charge on any atom is -0.444 e. The molecular formula is C19H22Cl2N4O3. The fraction of sp³-hybridized carbons (Fsp3) is 0.421. The maximum absolute atomic E-state index is 12.2. The molecular weight excluding hydrogens is 403 g/mol. The van der Waals surface area contributed by atoms with Gasteiger partial charge in [-0.3, -0.25) is 0 Å². The standard InChI is InChI=1S/C19H22Cl2N4O3/c1-19(2,3)28-18(26)25-10-8-24(9-11-25)13-6-4-5-7-14(13)27-17-22-15(20)12-16(21)23-17/h4-7,12H,8-11H2,1-3H3. The summed E-state index contributed by atoms with van der Waals surface area (Å²) >= 11 is 11.8. The summed E-state index contributed by atoms with van der Waals surface area (Å²) in [5.41, 5.74) is 0.374. The van der Waals surface area contributed by atoms with Crippen molar-refractivity contribution in [2.75, 3.05) is 31.1 Å². The van der Waals surface area contributed by atoms with Gasteiger partial charge in [-0.1, -0.05) is 35.3 Å². The highest BCUT2D eigenvalue weighted by molar-refractivity contribution is 6.33. The average molecular weight is 425 g/mol. The molecule has 2 aromatic rings. The molecule has 1 aliphatic heterocycles. The number of anilines is 1. The molecule has 2 heterocycles. The number of nitrogens with zero attached hydrogens (tertiary/aromatic N) is 4. The van der Waals surface area contributed by atoms with Crippen LogP contribution in [-0.2, 0) is 4.74 Å². The van der Waals surface area contributed by atoms with Crippen LogP contribution in [0.2, 0.25) is 10.3 Å². The van der Waals surface area contributed by atoms with E-state index in [2.05, 4.69) is 14.9 Å². The summed E-state index contributed by atoms with van der Waals surface area (Å²) in [6, 6.07) is 9.09. The van der Waals surface area contributed by atoms with Crippen LogP contribution in [0.4, 0.5) is 10.5 Å². The minimum absolute atomic E-state index is 0.0809. The first-order valence-electron chi connectivity index (χ1n) is 8.91. The molecule has 0 saturated carbocycles. The van der Waals surface area contributed by atoms with E-state index in [0.29, 0.717) is 31.9 Å². The lowest BCUT2D eigenvalue weighted by molar-refractivity contribution is 0.0240. The Morgan fingerprint density at radius 2 is 1.64 bits per heavy atom. The lowest BCUT2D eigenvalue weighted by atomic mass is 10.2. The summed E-state index contributed by atoms with van der Waals surface area (Å²) in [6.07, 6.45) is -0.293. The number of carbonyl (C=O) groups excluding carboxylic acids is 1. The maximum Gasteiger partial charge on any atom is 0.410 e. The van der Waals surface area contributed by atoms with Crippen molar-refractivity contribution in [3.8, 4) is 11.8 Å².